The van der Waals surface area contributed by atoms with Gasteiger partial charge in [-0.1, -0.05) is 6.07 Å². The van der Waals surface area contributed by atoms with Gasteiger partial charge in [0.1, 0.15) is 29.4 Å². The van der Waals surface area contributed by atoms with E-state index in [2.05, 4.69) is 25.6 Å². The second-order valence-electron chi connectivity index (χ2n) is 6.47. The fraction of sp³-hybridized carbons (Fsp3) is 0.353. The zero-order valence-corrected chi connectivity index (χ0v) is 15.1. The van der Waals surface area contributed by atoms with Gasteiger partial charge in [-0.15, -0.1) is 15.3 Å². The first kappa shape index (κ1) is 18.0. The van der Waals surface area contributed by atoms with E-state index in [0.717, 1.165) is 0 Å². The van der Waals surface area contributed by atoms with Crippen molar-refractivity contribution >= 4 is 11.7 Å². The number of aromatic nitrogens is 6. The number of rotatable bonds is 5. The smallest absolute Gasteiger partial charge is 0.268 e. The summed E-state index contributed by atoms with van der Waals surface area (Å²) >= 11 is 0. The number of hydrogen-bond donors (Lipinski definition) is 1. The average Bonchev–Trinajstić information content (AvgIpc) is 3.27. The number of hydrogen-bond acceptors (Lipinski definition) is 6. The zero-order valence-electron chi connectivity index (χ0n) is 15.1. The van der Waals surface area contributed by atoms with Crippen LogP contribution < -0.4 is 10.1 Å². The van der Waals surface area contributed by atoms with Crippen LogP contribution in [0.25, 0.3) is 11.5 Å². The van der Waals surface area contributed by atoms with E-state index >= 15 is 0 Å². The van der Waals surface area contributed by atoms with Crippen molar-refractivity contribution in [1.29, 1.82) is 0 Å². The third kappa shape index (κ3) is 3.08. The van der Waals surface area contributed by atoms with Gasteiger partial charge >= 0.3 is 0 Å². The maximum Gasteiger partial charge on any atom is 0.268 e. The highest BCUT2D eigenvalue weighted by atomic mass is 19.3. The Morgan fingerprint density at radius 3 is 2.89 bits per heavy atom. The van der Waals surface area contributed by atoms with Crippen molar-refractivity contribution in [2.75, 3.05) is 12.4 Å². The second-order valence-corrected chi connectivity index (χ2v) is 6.47. The summed E-state index contributed by atoms with van der Waals surface area (Å²) in [6.07, 6.45) is 2.98. The molecular formula is C17H17F2N7O2. The summed E-state index contributed by atoms with van der Waals surface area (Å²) in [5, 5.41) is 14.4. The third-order valence-electron chi connectivity index (χ3n) is 4.60. The number of methoxy groups -OCH3 is 1. The van der Waals surface area contributed by atoms with Crippen LogP contribution in [0.3, 0.4) is 0 Å². The molecule has 1 amide bonds. The van der Waals surface area contributed by atoms with E-state index in [1.165, 1.54) is 28.9 Å². The van der Waals surface area contributed by atoms with E-state index in [9.17, 15) is 13.6 Å². The maximum atomic E-state index is 13.8. The standard InChI is InChI=1S/C17H17F2N7O2/c1-25-8-10(16(24-25)28-2)15(27)22-13-5-3-4-11(21-13)14-23-20-9-26(14)12-6-7-17(12,18)19/h3-5,8-9,12H,6-7H2,1-2H3,(H,21,22,27)/t12-/m0/s1. The van der Waals surface area contributed by atoms with E-state index in [4.69, 9.17) is 4.74 Å². The summed E-state index contributed by atoms with van der Waals surface area (Å²) in [7, 11) is 3.09. The minimum Gasteiger partial charge on any atom is -0.479 e. The van der Waals surface area contributed by atoms with Gasteiger partial charge in [0.2, 0.25) is 5.88 Å². The summed E-state index contributed by atoms with van der Waals surface area (Å²) in [5.74, 6) is -2.60. The fourth-order valence-corrected chi connectivity index (χ4v) is 3.08. The fourth-order valence-electron chi connectivity index (χ4n) is 3.08. The van der Waals surface area contributed by atoms with Crippen molar-refractivity contribution < 1.29 is 18.3 Å². The van der Waals surface area contributed by atoms with Gasteiger partial charge < -0.3 is 14.6 Å². The van der Waals surface area contributed by atoms with Crippen molar-refractivity contribution in [2.24, 2.45) is 7.05 Å². The SMILES string of the molecule is COc1nn(C)cc1C(=O)Nc1cccc(-c2nncn2[C@H]2CCC2(F)F)n1. The van der Waals surface area contributed by atoms with E-state index in [1.807, 2.05) is 0 Å². The number of aryl methyl sites for hydroxylation is 1. The van der Waals surface area contributed by atoms with Crippen LogP contribution in [-0.2, 0) is 7.05 Å². The molecule has 146 valence electrons. The average molecular weight is 389 g/mol. The maximum absolute atomic E-state index is 13.8. The van der Waals surface area contributed by atoms with Crippen molar-refractivity contribution in [3.8, 4) is 17.4 Å². The minimum atomic E-state index is -2.79. The Hall–Kier alpha value is -3.37. The van der Waals surface area contributed by atoms with Gasteiger partial charge in [0, 0.05) is 19.7 Å². The van der Waals surface area contributed by atoms with E-state index in [0.29, 0.717) is 12.1 Å². The quantitative estimate of drug-likeness (QED) is 0.719. The molecule has 0 unspecified atom stereocenters. The molecule has 4 rings (SSSR count). The molecule has 3 heterocycles. The first-order chi connectivity index (χ1) is 13.4. The molecular weight excluding hydrogens is 372 g/mol. The Labute approximate surface area is 158 Å². The number of nitrogens with one attached hydrogen (secondary N) is 1. The molecule has 0 aliphatic heterocycles. The lowest BCUT2D eigenvalue weighted by molar-refractivity contribution is -0.122. The lowest BCUT2D eigenvalue weighted by Crippen LogP contribution is -2.40. The molecule has 3 aromatic heterocycles. The van der Waals surface area contributed by atoms with Crippen molar-refractivity contribution in [2.45, 2.75) is 24.8 Å². The summed E-state index contributed by atoms with van der Waals surface area (Å²) in [6, 6.07) is 3.87. The molecule has 1 aliphatic carbocycles. The highest BCUT2D eigenvalue weighted by Gasteiger charge is 2.50. The molecule has 0 saturated heterocycles. The molecule has 1 aliphatic rings. The van der Waals surface area contributed by atoms with Gasteiger partial charge in [0.15, 0.2) is 5.82 Å². The first-order valence-electron chi connectivity index (χ1n) is 8.53. The number of halogens is 2. The number of nitrogens with zero attached hydrogens (tertiary/aromatic N) is 6. The largest absolute Gasteiger partial charge is 0.479 e. The third-order valence-corrected chi connectivity index (χ3v) is 4.60. The molecule has 1 atom stereocenters. The van der Waals surface area contributed by atoms with Crippen LogP contribution in [0, 0.1) is 0 Å². The first-order valence-corrected chi connectivity index (χ1v) is 8.53. The number of anilines is 1. The van der Waals surface area contributed by atoms with E-state index in [1.54, 1.807) is 25.2 Å². The molecule has 1 saturated carbocycles. The lowest BCUT2D eigenvalue weighted by Gasteiger charge is -2.37. The summed E-state index contributed by atoms with van der Waals surface area (Å²) in [5.41, 5.74) is 0.575. The molecule has 9 nitrogen and oxygen atoms in total. The Morgan fingerprint density at radius 2 is 2.21 bits per heavy atom. The molecule has 0 radical (unpaired) electrons. The molecule has 0 spiro atoms. The summed E-state index contributed by atoms with van der Waals surface area (Å²) in [4.78, 5) is 16.8. The van der Waals surface area contributed by atoms with Gasteiger partial charge in [0.25, 0.3) is 11.8 Å². The van der Waals surface area contributed by atoms with Gasteiger partial charge in [-0.05, 0) is 18.6 Å². The summed E-state index contributed by atoms with van der Waals surface area (Å²) < 4.78 is 35.5. The molecule has 1 N–H and O–H groups in total. The highest BCUT2D eigenvalue weighted by Crippen LogP contribution is 2.47. The second kappa shape index (κ2) is 6.66. The highest BCUT2D eigenvalue weighted by molar-refractivity contribution is 6.05. The molecule has 0 aromatic carbocycles. The van der Waals surface area contributed by atoms with Gasteiger partial charge in [-0.3, -0.25) is 9.48 Å². The van der Waals surface area contributed by atoms with Crippen LogP contribution in [0.2, 0.25) is 0 Å². The molecule has 28 heavy (non-hydrogen) atoms. The monoisotopic (exact) mass is 389 g/mol. The van der Waals surface area contributed by atoms with Gasteiger partial charge in [-0.2, -0.15) is 0 Å². The number of ether oxygens (including phenoxy) is 1. The van der Waals surface area contributed by atoms with Crippen LogP contribution in [-0.4, -0.2) is 48.5 Å². The summed E-state index contributed by atoms with van der Waals surface area (Å²) in [6.45, 7) is 0. The van der Waals surface area contributed by atoms with Crippen LogP contribution in [0.15, 0.2) is 30.7 Å². The number of amides is 1. The van der Waals surface area contributed by atoms with Crippen LogP contribution >= 0.6 is 0 Å². The van der Waals surface area contributed by atoms with E-state index < -0.39 is 17.9 Å². The zero-order chi connectivity index (χ0) is 19.9. The van der Waals surface area contributed by atoms with Crippen molar-refractivity contribution in [3.63, 3.8) is 0 Å². The Balaban J connectivity index is 1.59. The Bertz CT molecular complexity index is 1030. The number of carbonyl (C=O) groups is 1. The predicted octanol–water partition coefficient (Wildman–Crippen LogP) is 2.30. The van der Waals surface area contributed by atoms with Gasteiger partial charge in [-0.25, -0.2) is 13.8 Å². The van der Waals surface area contributed by atoms with E-state index in [-0.39, 0.29) is 29.5 Å². The number of carbonyl (C=O) groups excluding carboxylic acids is 1. The molecule has 11 heteroatoms. The molecule has 3 aromatic rings. The van der Waals surface area contributed by atoms with Crippen molar-refractivity contribution in [1.82, 2.24) is 29.5 Å². The number of pyridine rings is 1. The lowest BCUT2D eigenvalue weighted by atomic mass is 9.87. The van der Waals surface area contributed by atoms with Crippen LogP contribution in [0.4, 0.5) is 14.6 Å². The number of alkyl halides is 2. The molecule has 1 fully saturated rings. The minimum absolute atomic E-state index is 0.161. The normalized spacial score (nSPS) is 17.8. The predicted molar refractivity (Wildman–Crippen MR) is 94.2 cm³/mol. The van der Waals surface area contributed by atoms with Crippen LogP contribution in [0.5, 0.6) is 5.88 Å². The van der Waals surface area contributed by atoms with Gasteiger partial charge in [0.05, 0.1) is 7.11 Å². The van der Waals surface area contributed by atoms with Crippen LogP contribution in [0.1, 0.15) is 29.2 Å². The van der Waals surface area contributed by atoms with Crippen molar-refractivity contribution in [3.05, 3.63) is 36.3 Å². The Kier molecular flexibility index (Phi) is 4.28. The Morgan fingerprint density at radius 1 is 1.39 bits per heavy atom. The molecule has 0 bridgehead atoms. The topological polar surface area (TPSA) is 99.8 Å².